The summed E-state index contributed by atoms with van der Waals surface area (Å²) in [4.78, 5) is 34.3. The van der Waals surface area contributed by atoms with Crippen LogP contribution in [-0.4, -0.2) is 31.4 Å². The van der Waals surface area contributed by atoms with Crippen molar-refractivity contribution in [3.8, 4) is 11.1 Å². The van der Waals surface area contributed by atoms with Gasteiger partial charge in [-0.05, 0) is 30.2 Å². The molecular weight excluding hydrogens is 384 g/mol. The standard InChI is InChI=1S/C20H21F2N3O4/c1-12(26)8-9-24-25-20(28)23-11-14-7-6-13(10-17(14)22)15-4-3-5-16(21)18(15)19(27)29-2/h3-7,10,24H,8-9,11H2,1-2H3,(H2,23,25,28). The highest BCUT2D eigenvalue weighted by Gasteiger charge is 2.19. The summed E-state index contributed by atoms with van der Waals surface area (Å²) in [6.45, 7) is 1.62. The van der Waals surface area contributed by atoms with Crippen LogP contribution >= 0.6 is 0 Å². The normalized spacial score (nSPS) is 10.3. The molecule has 2 rings (SSSR count). The number of carbonyl (C=O) groups excluding carboxylic acids is 3. The lowest BCUT2D eigenvalue weighted by Gasteiger charge is -2.12. The third kappa shape index (κ3) is 6.08. The number of hydrogen-bond donors (Lipinski definition) is 3. The van der Waals surface area contributed by atoms with Crippen molar-refractivity contribution in [2.45, 2.75) is 19.9 Å². The Balaban J connectivity index is 2.06. The summed E-state index contributed by atoms with van der Waals surface area (Å²) in [5, 5.41) is 2.46. The second-order valence-corrected chi connectivity index (χ2v) is 6.15. The van der Waals surface area contributed by atoms with Crippen LogP contribution < -0.4 is 16.2 Å². The van der Waals surface area contributed by atoms with Crippen LogP contribution in [0.15, 0.2) is 36.4 Å². The Kier molecular flexibility index (Phi) is 7.79. The van der Waals surface area contributed by atoms with Crippen LogP contribution in [0.25, 0.3) is 11.1 Å². The predicted octanol–water partition coefficient (Wildman–Crippen LogP) is 2.70. The van der Waals surface area contributed by atoms with Crippen LogP contribution in [0.2, 0.25) is 0 Å². The van der Waals surface area contributed by atoms with E-state index in [1.165, 1.54) is 31.2 Å². The van der Waals surface area contributed by atoms with Crippen molar-refractivity contribution in [3.05, 3.63) is 59.2 Å². The number of ketones is 1. The molecule has 0 saturated carbocycles. The van der Waals surface area contributed by atoms with Crippen LogP contribution in [0.4, 0.5) is 13.6 Å². The van der Waals surface area contributed by atoms with Crippen molar-refractivity contribution in [2.75, 3.05) is 13.7 Å². The first kappa shape index (κ1) is 22.0. The number of nitrogens with one attached hydrogen (secondary N) is 3. The lowest BCUT2D eigenvalue weighted by atomic mass is 9.98. The van der Waals surface area contributed by atoms with Gasteiger partial charge in [-0.2, -0.15) is 0 Å². The first-order valence-corrected chi connectivity index (χ1v) is 8.75. The highest BCUT2D eigenvalue weighted by molar-refractivity contribution is 5.97. The number of urea groups is 1. The van der Waals surface area contributed by atoms with Crippen molar-refractivity contribution in [3.63, 3.8) is 0 Å². The summed E-state index contributed by atoms with van der Waals surface area (Å²) < 4.78 is 33.1. The van der Waals surface area contributed by atoms with E-state index >= 15 is 0 Å². The minimum absolute atomic E-state index is 0.0180. The third-order valence-corrected chi connectivity index (χ3v) is 4.01. The van der Waals surface area contributed by atoms with E-state index in [2.05, 4.69) is 20.9 Å². The third-order valence-electron chi connectivity index (χ3n) is 4.01. The van der Waals surface area contributed by atoms with Crippen molar-refractivity contribution >= 4 is 17.8 Å². The molecule has 0 spiro atoms. The summed E-state index contributed by atoms with van der Waals surface area (Å²) in [6.07, 6.45) is 0.268. The molecule has 0 aliphatic heterocycles. The fraction of sp³-hybridized carbons (Fsp3) is 0.250. The van der Waals surface area contributed by atoms with Crippen molar-refractivity contribution in [1.82, 2.24) is 16.2 Å². The Morgan fingerprint density at radius 1 is 1.07 bits per heavy atom. The molecule has 2 amide bonds. The fourth-order valence-corrected chi connectivity index (χ4v) is 2.53. The average molecular weight is 405 g/mol. The monoisotopic (exact) mass is 405 g/mol. The van der Waals surface area contributed by atoms with E-state index in [0.717, 1.165) is 19.2 Å². The molecule has 0 heterocycles. The molecule has 3 N–H and O–H groups in total. The van der Waals surface area contributed by atoms with Crippen LogP contribution in [0, 0.1) is 11.6 Å². The molecule has 0 aliphatic rings. The van der Waals surface area contributed by atoms with Crippen molar-refractivity contribution in [2.24, 2.45) is 0 Å². The fourth-order valence-electron chi connectivity index (χ4n) is 2.53. The molecule has 154 valence electrons. The number of hydrazine groups is 1. The average Bonchev–Trinajstić information content (AvgIpc) is 2.69. The van der Waals surface area contributed by atoms with E-state index in [9.17, 15) is 23.2 Å². The predicted molar refractivity (Wildman–Crippen MR) is 102 cm³/mol. The zero-order chi connectivity index (χ0) is 21.4. The molecule has 0 bridgehead atoms. The zero-order valence-corrected chi connectivity index (χ0v) is 16.0. The number of rotatable bonds is 8. The van der Waals surface area contributed by atoms with E-state index in [1.807, 2.05) is 0 Å². The molecule has 0 fully saturated rings. The van der Waals surface area contributed by atoms with Gasteiger partial charge in [0.2, 0.25) is 0 Å². The summed E-state index contributed by atoms with van der Waals surface area (Å²) in [6, 6.07) is 7.53. The van der Waals surface area contributed by atoms with E-state index in [0.29, 0.717) is 5.56 Å². The Morgan fingerprint density at radius 2 is 1.83 bits per heavy atom. The van der Waals surface area contributed by atoms with Crippen LogP contribution in [-0.2, 0) is 16.1 Å². The molecule has 0 aromatic heterocycles. The molecule has 0 radical (unpaired) electrons. The SMILES string of the molecule is COC(=O)c1c(F)cccc1-c1ccc(CNC(=O)NNCCC(C)=O)c(F)c1. The minimum Gasteiger partial charge on any atom is -0.465 e. The number of amides is 2. The largest absolute Gasteiger partial charge is 0.465 e. The van der Waals surface area contributed by atoms with E-state index in [-0.39, 0.29) is 42.0 Å². The van der Waals surface area contributed by atoms with Gasteiger partial charge in [0.1, 0.15) is 23.0 Å². The Bertz CT molecular complexity index is 919. The molecule has 7 nitrogen and oxygen atoms in total. The zero-order valence-electron chi connectivity index (χ0n) is 16.0. The molecule has 29 heavy (non-hydrogen) atoms. The quantitative estimate of drug-likeness (QED) is 0.357. The van der Waals surface area contributed by atoms with Gasteiger partial charge in [-0.3, -0.25) is 10.2 Å². The van der Waals surface area contributed by atoms with Gasteiger partial charge >= 0.3 is 12.0 Å². The topological polar surface area (TPSA) is 96.5 Å². The lowest BCUT2D eigenvalue weighted by Crippen LogP contribution is -2.44. The van der Waals surface area contributed by atoms with Crippen molar-refractivity contribution < 1.29 is 27.9 Å². The van der Waals surface area contributed by atoms with Gasteiger partial charge < -0.3 is 10.1 Å². The number of carbonyl (C=O) groups is 3. The molecular formula is C20H21F2N3O4. The number of benzene rings is 2. The maximum atomic E-state index is 14.5. The summed E-state index contributed by atoms with van der Waals surface area (Å²) >= 11 is 0. The first-order chi connectivity index (χ1) is 13.8. The Hall–Kier alpha value is -3.33. The van der Waals surface area contributed by atoms with Gasteiger partial charge in [0, 0.05) is 25.1 Å². The van der Waals surface area contributed by atoms with Crippen LogP contribution in [0.3, 0.4) is 0 Å². The first-order valence-electron chi connectivity index (χ1n) is 8.75. The lowest BCUT2D eigenvalue weighted by molar-refractivity contribution is -0.116. The van der Waals surface area contributed by atoms with Gasteiger partial charge in [-0.15, -0.1) is 0 Å². The smallest absolute Gasteiger partial charge is 0.341 e. The Labute approximate surface area is 166 Å². The van der Waals surface area contributed by atoms with Crippen LogP contribution in [0.1, 0.15) is 29.3 Å². The molecule has 0 atom stereocenters. The number of esters is 1. The van der Waals surface area contributed by atoms with Gasteiger partial charge in [0.25, 0.3) is 0 Å². The number of hydrogen-bond acceptors (Lipinski definition) is 5. The van der Waals surface area contributed by atoms with Crippen molar-refractivity contribution in [1.29, 1.82) is 0 Å². The van der Waals surface area contributed by atoms with Gasteiger partial charge in [-0.1, -0.05) is 24.3 Å². The van der Waals surface area contributed by atoms with Gasteiger partial charge in [0.15, 0.2) is 0 Å². The summed E-state index contributed by atoms with van der Waals surface area (Å²) in [5.41, 5.74) is 5.31. The number of methoxy groups -OCH3 is 1. The molecule has 2 aromatic rings. The van der Waals surface area contributed by atoms with E-state index < -0.39 is 23.6 Å². The van der Waals surface area contributed by atoms with Gasteiger partial charge in [-0.25, -0.2) is 23.8 Å². The van der Waals surface area contributed by atoms with Gasteiger partial charge in [0.05, 0.1) is 7.11 Å². The maximum absolute atomic E-state index is 14.5. The van der Waals surface area contributed by atoms with E-state index in [4.69, 9.17) is 0 Å². The number of Topliss-reactive ketones (excluding diaryl/α,β-unsaturated/α-hetero) is 1. The molecule has 2 aromatic carbocycles. The number of ether oxygens (including phenoxy) is 1. The summed E-state index contributed by atoms with van der Waals surface area (Å²) in [5.74, 6) is -2.28. The minimum atomic E-state index is -0.863. The van der Waals surface area contributed by atoms with Crippen LogP contribution in [0.5, 0.6) is 0 Å². The summed E-state index contributed by atoms with van der Waals surface area (Å²) in [7, 11) is 1.13. The number of halogens is 2. The molecule has 9 heteroatoms. The maximum Gasteiger partial charge on any atom is 0.341 e. The van der Waals surface area contributed by atoms with E-state index in [1.54, 1.807) is 0 Å². The Morgan fingerprint density at radius 3 is 2.48 bits per heavy atom. The highest BCUT2D eigenvalue weighted by atomic mass is 19.1. The molecule has 0 saturated heterocycles. The second kappa shape index (κ2) is 10.3. The molecule has 0 unspecified atom stereocenters. The molecule has 0 aliphatic carbocycles. The second-order valence-electron chi connectivity index (χ2n) is 6.15. The highest BCUT2D eigenvalue weighted by Crippen LogP contribution is 2.28.